The van der Waals surface area contributed by atoms with E-state index in [4.69, 9.17) is 9.47 Å². The van der Waals surface area contributed by atoms with Gasteiger partial charge < -0.3 is 30.7 Å². The number of urea groups is 1. The molecule has 0 bridgehead atoms. The van der Waals surface area contributed by atoms with E-state index in [0.717, 1.165) is 79.8 Å². The first-order valence-corrected chi connectivity index (χ1v) is 23.6. The van der Waals surface area contributed by atoms with E-state index in [-0.39, 0.29) is 60.3 Å². The molecule has 56 heavy (non-hydrogen) atoms. The third-order valence-corrected chi connectivity index (χ3v) is 16.8. The number of ether oxygens (including phenoxy) is 2. The first kappa shape index (κ1) is 43.3. The maximum Gasteiger partial charge on any atom is 0.315 e. The molecule has 6 rings (SSSR count). The Labute approximate surface area is 341 Å². The fraction of sp³-hybridized carbons (Fsp3) is 0.867. The second-order valence-corrected chi connectivity index (χ2v) is 20.6. The van der Waals surface area contributed by atoms with Crippen LogP contribution in [-0.4, -0.2) is 79.3 Å². The van der Waals surface area contributed by atoms with Crippen molar-refractivity contribution in [2.75, 3.05) is 32.1 Å². The van der Waals surface area contributed by atoms with E-state index in [1.54, 1.807) is 0 Å². The van der Waals surface area contributed by atoms with Gasteiger partial charge in [-0.1, -0.05) is 72.0 Å². The lowest BCUT2D eigenvalue weighted by Crippen LogP contribution is -2.51. The molecule has 0 unspecified atom stereocenters. The van der Waals surface area contributed by atoms with Gasteiger partial charge >= 0.3 is 12.0 Å². The van der Waals surface area contributed by atoms with Crippen LogP contribution in [-0.2, 0) is 23.9 Å². The van der Waals surface area contributed by atoms with E-state index in [1.165, 1.54) is 56.9 Å². The molecule has 4 amide bonds. The highest BCUT2D eigenvalue weighted by Gasteiger charge is 2.59. The van der Waals surface area contributed by atoms with Crippen molar-refractivity contribution in [1.82, 2.24) is 21.3 Å². The molecule has 4 aliphatic carbocycles. The number of hydrogen-bond acceptors (Lipinski definition) is 7. The van der Waals surface area contributed by atoms with E-state index < -0.39 is 0 Å². The average molecular weight is 799 g/mol. The monoisotopic (exact) mass is 799 g/mol. The van der Waals surface area contributed by atoms with Crippen molar-refractivity contribution in [1.29, 1.82) is 0 Å². The van der Waals surface area contributed by atoms with Gasteiger partial charge in [0.1, 0.15) is 6.10 Å². The SMILES string of the molecule is CC(C)CCC[C@@H](C)[C@H]1CC[C@H]2[C@@H]3CC=C4C[C@@H](OC(=O)CCC(=O)NCCOCCNC(=O)CCCC[C@@H]5SC[C@@H]6NC(=O)N[C@@H]65)CC[C@]4(C)[C@H]3CC[C@]12C. The molecule has 11 atom stereocenters. The Bertz CT molecular complexity index is 1410. The fourth-order valence-electron chi connectivity index (χ4n) is 12.3. The second-order valence-electron chi connectivity index (χ2n) is 19.3. The smallest absolute Gasteiger partial charge is 0.315 e. The van der Waals surface area contributed by atoms with E-state index in [9.17, 15) is 19.2 Å². The molecule has 2 heterocycles. The average Bonchev–Trinajstić information content (AvgIpc) is 3.83. The van der Waals surface area contributed by atoms with Crippen molar-refractivity contribution in [3.63, 3.8) is 0 Å². The van der Waals surface area contributed by atoms with Crippen molar-refractivity contribution >= 4 is 35.6 Å². The number of carbonyl (C=O) groups is 4. The molecule has 5 fully saturated rings. The number of hydrogen-bond donors (Lipinski definition) is 4. The van der Waals surface area contributed by atoms with Gasteiger partial charge in [0.25, 0.3) is 0 Å². The predicted octanol–water partition coefficient (Wildman–Crippen LogP) is 7.69. The van der Waals surface area contributed by atoms with Gasteiger partial charge in [0.15, 0.2) is 0 Å². The van der Waals surface area contributed by atoms with Crippen LogP contribution >= 0.6 is 11.8 Å². The van der Waals surface area contributed by atoms with Crippen LogP contribution in [0.1, 0.15) is 144 Å². The van der Waals surface area contributed by atoms with Crippen molar-refractivity contribution < 1.29 is 28.7 Å². The van der Waals surface area contributed by atoms with Crippen LogP contribution < -0.4 is 21.3 Å². The van der Waals surface area contributed by atoms with Crippen molar-refractivity contribution in [3.8, 4) is 0 Å². The van der Waals surface area contributed by atoms with Crippen molar-refractivity contribution in [2.45, 2.75) is 167 Å². The third kappa shape index (κ3) is 10.5. The van der Waals surface area contributed by atoms with Crippen molar-refractivity contribution in [3.05, 3.63) is 11.6 Å². The lowest BCUT2D eigenvalue weighted by Gasteiger charge is -2.58. The lowest BCUT2D eigenvalue weighted by molar-refractivity contribution is -0.152. The summed E-state index contributed by atoms with van der Waals surface area (Å²) in [6.07, 6.45) is 19.6. The molecule has 0 spiro atoms. The number of allylic oxidation sites excluding steroid dienone is 1. The Kier molecular flexibility index (Phi) is 15.2. The van der Waals surface area contributed by atoms with Gasteiger partial charge in [-0.15, -0.1) is 0 Å². The van der Waals surface area contributed by atoms with Crippen LogP contribution in [0.25, 0.3) is 0 Å². The summed E-state index contributed by atoms with van der Waals surface area (Å²) in [5.74, 6) is 5.37. The van der Waals surface area contributed by atoms with Crippen LogP contribution in [0.3, 0.4) is 0 Å². The van der Waals surface area contributed by atoms with Gasteiger partial charge in [-0.25, -0.2) is 4.79 Å². The summed E-state index contributed by atoms with van der Waals surface area (Å²) < 4.78 is 11.5. The topological polar surface area (TPSA) is 135 Å². The zero-order valence-electron chi connectivity index (χ0n) is 35.3. The summed E-state index contributed by atoms with van der Waals surface area (Å²) in [4.78, 5) is 49.0. The van der Waals surface area contributed by atoms with Gasteiger partial charge in [0.2, 0.25) is 11.8 Å². The summed E-state index contributed by atoms with van der Waals surface area (Å²) in [7, 11) is 0. The molecular weight excluding hydrogens is 725 g/mol. The van der Waals surface area contributed by atoms with Gasteiger partial charge in [-0.2, -0.15) is 11.8 Å². The second kappa shape index (κ2) is 19.7. The first-order valence-electron chi connectivity index (χ1n) is 22.6. The number of nitrogens with one attached hydrogen (secondary N) is 4. The highest BCUT2D eigenvalue weighted by Crippen LogP contribution is 2.67. The van der Waals surface area contributed by atoms with Gasteiger partial charge in [-0.05, 0) is 104 Å². The molecule has 0 radical (unpaired) electrons. The largest absolute Gasteiger partial charge is 0.462 e. The molecular formula is C45H74N4O6S. The van der Waals surface area contributed by atoms with Crippen LogP contribution in [0.2, 0.25) is 0 Å². The minimum Gasteiger partial charge on any atom is -0.462 e. The summed E-state index contributed by atoms with van der Waals surface area (Å²) >= 11 is 1.90. The predicted molar refractivity (Wildman–Crippen MR) is 223 cm³/mol. The highest BCUT2D eigenvalue weighted by atomic mass is 32.2. The molecule has 3 saturated carbocycles. The number of amides is 4. The fourth-order valence-corrected chi connectivity index (χ4v) is 13.8. The molecule has 0 aromatic heterocycles. The number of rotatable bonds is 20. The standard InChI is InChI=1S/C45H74N4O6S/c1-29(2)9-8-10-30(3)34-15-16-35-33-14-13-31-27-32(19-21-44(31,4)36(33)20-22-45(34,35)5)55-41(52)18-17-40(51)47-24-26-54-25-23-46-39(50)12-7-6-11-38-42-37(28-56-38)48-43(53)49-42/h13,29-30,32-38,42H,6-12,14-28H2,1-5H3,(H,46,50)(H,47,51)(H2,48,49,53)/t30-,32+,33+,34-,35+,36+,37+,38+,42+,44+,45-/m1/s1. The van der Waals surface area contributed by atoms with Crippen LogP contribution in [0.4, 0.5) is 4.79 Å². The molecule has 6 aliphatic rings. The van der Waals surface area contributed by atoms with Gasteiger partial charge in [-0.3, -0.25) is 14.4 Å². The van der Waals surface area contributed by atoms with Crippen LogP contribution in [0.5, 0.6) is 0 Å². The number of thioether (sulfide) groups is 1. The molecule has 10 nitrogen and oxygen atoms in total. The quantitative estimate of drug-likeness (QED) is 0.0430. The molecule has 2 aliphatic heterocycles. The number of esters is 1. The number of unbranched alkanes of at least 4 members (excludes halogenated alkanes) is 1. The Hall–Kier alpha value is -2.27. The highest BCUT2D eigenvalue weighted by molar-refractivity contribution is 8.00. The van der Waals surface area contributed by atoms with E-state index in [0.29, 0.717) is 43.4 Å². The zero-order chi connectivity index (χ0) is 39.9. The minimum absolute atomic E-state index is 0.0134. The van der Waals surface area contributed by atoms with E-state index in [2.05, 4.69) is 62.0 Å². The van der Waals surface area contributed by atoms with Crippen LogP contribution in [0.15, 0.2) is 11.6 Å². The zero-order valence-corrected chi connectivity index (χ0v) is 36.1. The Morgan fingerprint density at radius 3 is 2.43 bits per heavy atom. The maximum absolute atomic E-state index is 12.8. The minimum atomic E-state index is -0.284. The summed E-state index contributed by atoms with van der Waals surface area (Å²) in [6, 6.07) is 0.374. The lowest BCUT2D eigenvalue weighted by atomic mass is 9.47. The first-order chi connectivity index (χ1) is 26.9. The van der Waals surface area contributed by atoms with E-state index in [1.807, 2.05) is 11.8 Å². The van der Waals surface area contributed by atoms with Gasteiger partial charge in [0.05, 0.1) is 31.7 Å². The van der Waals surface area contributed by atoms with E-state index >= 15 is 0 Å². The Morgan fingerprint density at radius 1 is 0.893 bits per heavy atom. The molecule has 4 N–H and O–H groups in total. The molecule has 0 aromatic carbocycles. The molecule has 0 aromatic rings. The third-order valence-electron chi connectivity index (χ3n) is 15.3. The molecule has 316 valence electrons. The Morgan fingerprint density at radius 2 is 1.66 bits per heavy atom. The summed E-state index contributed by atoms with van der Waals surface area (Å²) in [6.45, 7) is 13.9. The maximum atomic E-state index is 12.8. The summed E-state index contributed by atoms with van der Waals surface area (Å²) in [5, 5.41) is 12.1. The Balaban J connectivity index is 0.805. The number of fused-ring (bicyclic) bond motifs is 6. The number of carbonyl (C=O) groups excluding carboxylic acids is 4. The molecule has 11 heteroatoms. The van der Waals surface area contributed by atoms with Gasteiger partial charge in [0, 0.05) is 43.4 Å². The van der Waals surface area contributed by atoms with Crippen molar-refractivity contribution in [2.24, 2.45) is 46.3 Å². The normalized spacial score (nSPS) is 35.0. The van der Waals surface area contributed by atoms with Crippen LogP contribution in [0, 0.1) is 46.3 Å². The summed E-state index contributed by atoms with van der Waals surface area (Å²) in [5.41, 5.74) is 2.23. The molecule has 2 saturated heterocycles.